The number of thioether (sulfide) groups is 1. The van der Waals surface area contributed by atoms with Gasteiger partial charge in [-0.15, -0.1) is 23.1 Å². The van der Waals surface area contributed by atoms with E-state index in [-0.39, 0.29) is 17.2 Å². The number of hydrogen-bond acceptors (Lipinski definition) is 5. The SMILES string of the molecule is Cc1ccc(-c2nc(NC(=O)C(Sc3cccc(NC(=O)CC(C)(C)C)c3)c3ccccc3)sc2C)cc1. The first-order chi connectivity index (χ1) is 18.1. The average molecular weight is 544 g/mol. The number of rotatable bonds is 8. The maximum atomic E-state index is 13.6. The van der Waals surface area contributed by atoms with Crippen molar-refractivity contribution in [3.05, 3.63) is 94.9 Å². The van der Waals surface area contributed by atoms with E-state index in [4.69, 9.17) is 4.98 Å². The number of carbonyl (C=O) groups excluding carboxylic acids is 2. The number of hydrogen-bond donors (Lipinski definition) is 2. The molecule has 1 aromatic heterocycles. The zero-order chi connectivity index (χ0) is 27.3. The van der Waals surface area contributed by atoms with Gasteiger partial charge in [0.05, 0.1) is 5.69 Å². The second-order valence-corrected chi connectivity index (χ2v) is 12.9. The molecule has 7 heteroatoms. The van der Waals surface area contributed by atoms with Gasteiger partial charge in [0.25, 0.3) is 0 Å². The average Bonchev–Trinajstić information content (AvgIpc) is 3.22. The first-order valence-corrected chi connectivity index (χ1v) is 14.2. The Morgan fingerprint density at radius 1 is 0.921 bits per heavy atom. The van der Waals surface area contributed by atoms with Crippen LogP contribution in [0.2, 0.25) is 0 Å². The topological polar surface area (TPSA) is 71.1 Å². The number of carbonyl (C=O) groups is 2. The number of amides is 2. The van der Waals surface area contributed by atoms with Gasteiger partial charge in [0, 0.05) is 27.4 Å². The fourth-order valence-electron chi connectivity index (χ4n) is 3.97. The molecule has 0 aliphatic carbocycles. The third-order valence-corrected chi connectivity index (χ3v) is 7.89. The van der Waals surface area contributed by atoms with Crippen molar-refractivity contribution >= 4 is 45.7 Å². The first-order valence-electron chi connectivity index (χ1n) is 12.5. The monoisotopic (exact) mass is 543 g/mol. The second kappa shape index (κ2) is 12.0. The van der Waals surface area contributed by atoms with E-state index in [9.17, 15) is 9.59 Å². The van der Waals surface area contributed by atoms with Crippen LogP contribution in [-0.2, 0) is 9.59 Å². The summed E-state index contributed by atoms with van der Waals surface area (Å²) >= 11 is 2.92. The van der Waals surface area contributed by atoms with Crippen LogP contribution in [0.1, 0.15) is 48.4 Å². The van der Waals surface area contributed by atoms with E-state index >= 15 is 0 Å². The molecule has 0 aliphatic rings. The Hall–Kier alpha value is -3.42. The molecule has 38 heavy (non-hydrogen) atoms. The van der Waals surface area contributed by atoms with Gasteiger partial charge in [0.1, 0.15) is 5.25 Å². The zero-order valence-electron chi connectivity index (χ0n) is 22.4. The number of benzene rings is 3. The molecule has 0 spiro atoms. The molecule has 1 atom stereocenters. The van der Waals surface area contributed by atoms with Crippen molar-refractivity contribution in [1.82, 2.24) is 4.98 Å². The molecule has 0 saturated carbocycles. The van der Waals surface area contributed by atoms with Crippen molar-refractivity contribution in [2.75, 3.05) is 10.6 Å². The number of anilines is 2. The molecule has 1 unspecified atom stereocenters. The third-order valence-electron chi connectivity index (χ3n) is 5.75. The number of thiazole rings is 1. The standard InChI is InChI=1S/C31H33N3O2S2/c1-20-14-16-22(17-15-20)27-21(2)37-30(33-27)34-29(36)28(23-10-7-6-8-11-23)38-25-13-9-12-24(18-25)32-26(35)19-31(3,4)5/h6-18,28H,19H2,1-5H3,(H,32,35)(H,33,34,36). The van der Waals surface area contributed by atoms with E-state index in [1.165, 1.54) is 28.7 Å². The highest BCUT2D eigenvalue weighted by molar-refractivity contribution is 8.00. The van der Waals surface area contributed by atoms with E-state index in [1.807, 2.05) is 82.3 Å². The minimum Gasteiger partial charge on any atom is -0.326 e. The van der Waals surface area contributed by atoms with Gasteiger partial charge in [0.15, 0.2) is 5.13 Å². The quantitative estimate of drug-likeness (QED) is 0.219. The highest BCUT2D eigenvalue weighted by Gasteiger charge is 2.24. The Labute approximate surface area is 233 Å². The highest BCUT2D eigenvalue weighted by Crippen LogP contribution is 2.38. The van der Waals surface area contributed by atoms with Crippen LogP contribution >= 0.6 is 23.1 Å². The lowest BCUT2D eigenvalue weighted by Crippen LogP contribution is -2.20. The van der Waals surface area contributed by atoms with Crippen LogP contribution < -0.4 is 10.6 Å². The maximum Gasteiger partial charge on any atom is 0.244 e. The third kappa shape index (κ3) is 7.55. The summed E-state index contributed by atoms with van der Waals surface area (Å²) in [4.78, 5) is 32.7. The van der Waals surface area contributed by atoms with Crippen molar-refractivity contribution in [1.29, 1.82) is 0 Å². The van der Waals surface area contributed by atoms with Gasteiger partial charge in [-0.2, -0.15) is 0 Å². The molecule has 0 radical (unpaired) electrons. The van der Waals surface area contributed by atoms with Crippen LogP contribution in [0.25, 0.3) is 11.3 Å². The second-order valence-electron chi connectivity index (χ2n) is 10.5. The van der Waals surface area contributed by atoms with Crippen molar-refractivity contribution in [3.8, 4) is 11.3 Å². The molecule has 0 aliphatic heterocycles. The molecular weight excluding hydrogens is 510 g/mol. The summed E-state index contributed by atoms with van der Waals surface area (Å²) in [5.74, 6) is -0.173. The molecule has 0 bridgehead atoms. The Balaban J connectivity index is 1.54. The number of aryl methyl sites for hydroxylation is 2. The summed E-state index contributed by atoms with van der Waals surface area (Å²) in [5.41, 5.74) is 4.62. The maximum absolute atomic E-state index is 13.6. The molecule has 5 nitrogen and oxygen atoms in total. The Bertz CT molecular complexity index is 1410. The number of aromatic nitrogens is 1. The van der Waals surface area contributed by atoms with Crippen molar-refractivity contribution in [3.63, 3.8) is 0 Å². The molecule has 2 amide bonds. The fourth-order valence-corrected chi connectivity index (χ4v) is 5.89. The summed E-state index contributed by atoms with van der Waals surface area (Å²) in [5, 5.41) is 6.12. The molecule has 4 rings (SSSR count). The Morgan fingerprint density at radius 2 is 1.63 bits per heavy atom. The van der Waals surface area contributed by atoms with Gasteiger partial charge >= 0.3 is 0 Å². The van der Waals surface area contributed by atoms with Gasteiger partial charge in [-0.1, -0.05) is 87.0 Å². The van der Waals surface area contributed by atoms with E-state index in [0.717, 1.165) is 32.3 Å². The summed E-state index contributed by atoms with van der Waals surface area (Å²) in [7, 11) is 0. The fraction of sp³-hybridized carbons (Fsp3) is 0.258. The van der Waals surface area contributed by atoms with E-state index in [0.29, 0.717) is 11.6 Å². The molecular formula is C31H33N3O2S2. The predicted octanol–water partition coefficient (Wildman–Crippen LogP) is 8.27. The predicted molar refractivity (Wildman–Crippen MR) is 160 cm³/mol. The van der Waals surface area contributed by atoms with Crippen LogP contribution in [0, 0.1) is 19.3 Å². The Morgan fingerprint density at radius 3 is 2.32 bits per heavy atom. The van der Waals surface area contributed by atoms with E-state index in [2.05, 4.69) is 41.8 Å². The van der Waals surface area contributed by atoms with Gasteiger partial charge < -0.3 is 10.6 Å². The molecule has 1 heterocycles. The largest absolute Gasteiger partial charge is 0.326 e. The van der Waals surface area contributed by atoms with Crippen LogP contribution in [-0.4, -0.2) is 16.8 Å². The summed E-state index contributed by atoms with van der Waals surface area (Å²) < 4.78 is 0. The van der Waals surface area contributed by atoms with Crippen LogP contribution in [0.5, 0.6) is 0 Å². The minimum absolute atomic E-state index is 0.0273. The van der Waals surface area contributed by atoms with Crippen LogP contribution in [0.3, 0.4) is 0 Å². The van der Waals surface area contributed by atoms with Gasteiger partial charge in [-0.25, -0.2) is 4.98 Å². The smallest absolute Gasteiger partial charge is 0.244 e. The molecule has 3 aromatic carbocycles. The molecule has 2 N–H and O–H groups in total. The van der Waals surface area contributed by atoms with Crippen LogP contribution in [0.15, 0.2) is 83.8 Å². The molecule has 0 fully saturated rings. The molecule has 196 valence electrons. The van der Waals surface area contributed by atoms with Crippen molar-refractivity contribution in [2.45, 2.75) is 51.2 Å². The summed E-state index contributed by atoms with van der Waals surface area (Å²) in [6.07, 6.45) is 0.428. The minimum atomic E-state index is -0.497. The van der Waals surface area contributed by atoms with Gasteiger partial charge in [0.2, 0.25) is 11.8 Å². The number of nitrogens with zero attached hydrogens (tertiary/aromatic N) is 1. The van der Waals surface area contributed by atoms with E-state index < -0.39 is 5.25 Å². The normalized spacial score (nSPS) is 12.1. The lowest BCUT2D eigenvalue weighted by molar-refractivity contribution is -0.118. The lowest BCUT2D eigenvalue weighted by Gasteiger charge is -2.18. The Kier molecular flexibility index (Phi) is 8.69. The summed E-state index contributed by atoms with van der Waals surface area (Å²) in [6, 6.07) is 25.6. The summed E-state index contributed by atoms with van der Waals surface area (Å²) in [6.45, 7) is 10.2. The molecule has 0 saturated heterocycles. The first kappa shape index (κ1) is 27.6. The van der Waals surface area contributed by atoms with Crippen LogP contribution in [0.4, 0.5) is 10.8 Å². The van der Waals surface area contributed by atoms with Crippen molar-refractivity contribution < 1.29 is 9.59 Å². The van der Waals surface area contributed by atoms with Gasteiger partial charge in [-0.3, -0.25) is 9.59 Å². The lowest BCUT2D eigenvalue weighted by atomic mass is 9.92. The van der Waals surface area contributed by atoms with Gasteiger partial charge in [-0.05, 0) is 43.0 Å². The molecule has 4 aromatic rings. The highest BCUT2D eigenvalue weighted by atomic mass is 32.2. The van der Waals surface area contributed by atoms with E-state index in [1.54, 1.807) is 0 Å². The van der Waals surface area contributed by atoms with Crippen molar-refractivity contribution in [2.24, 2.45) is 5.41 Å². The number of nitrogens with one attached hydrogen (secondary N) is 2. The zero-order valence-corrected chi connectivity index (χ0v) is 24.0.